The highest BCUT2D eigenvalue weighted by molar-refractivity contribution is 5.61. The van der Waals surface area contributed by atoms with Crippen molar-refractivity contribution in [2.24, 2.45) is 0 Å². The fourth-order valence-corrected chi connectivity index (χ4v) is 4.19. The second-order valence-corrected chi connectivity index (χ2v) is 8.97. The van der Waals surface area contributed by atoms with E-state index >= 15 is 0 Å². The van der Waals surface area contributed by atoms with Crippen LogP contribution in [0.5, 0.6) is 11.5 Å². The number of carbonyl (C=O) groups excluding carboxylic acids is 1. The normalized spacial score (nSPS) is 12.2. The van der Waals surface area contributed by atoms with Gasteiger partial charge in [0, 0.05) is 24.6 Å². The van der Waals surface area contributed by atoms with Crippen LogP contribution in [0.2, 0.25) is 0 Å². The molecule has 0 saturated carbocycles. The van der Waals surface area contributed by atoms with Gasteiger partial charge in [-0.2, -0.15) is 13.2 Å². The van der Waals surface area contributed by atoms with Gasteiger partial charge in [-0.1, -0.05) is 32.0 Å². The Morgan fingerprint density at radius 3 is 2.36 bits per heavy atom. The van der Waals surface area contributed by atoms with Gasteiger partial charge in [0.1, 0.15) is 17.8 Å². The van der Waals surface area contributed by atoms with Crippen LogP contribution >= 0.6 is 0 Å². The minimum absolute atomic E-state index is 0.238. The molecule has 0 unspecified atom stereocenters. The summed E-state index contributed by atoms with van der Waals surface area (Å²) in [6.07, 6.45) is -0.853. The Morgan fingerprint density at radius 1 is 1.03 bits per heavy atom. The van der Waals surface area contributed by atoms with E-state index in [2.05, 4.69) is 18.7 Å². The van der Waals surface area contributed by atoms with Crippen molar-refractivity contribution in [2.45, 2.75) is 51.1 Å². The maximum atomic E-state index is 12.9. The number of methoxy groups -OCH3 is 2. The van der Waals surface area contributed by atoms with E-state index in [1.807, 2.05) is 19.2 Å². The molecule has 0 aliphatic heterocycles. The first kappa shape index (κ1) is 26.7. The maximum Gasteiger partial charge on any atom is 0.416 e. The van der Waals surface area contributed by atoms with Gasteiger partial charge in [0.05, 0.1) is 19.8 Å². The zero-order valence-corrected chi connectivity index (χ0v) is 20.1. The largest absolute Gasteiger partial charge is 0.497 e. The van der Waals surface area contributed by atoms with E-state index in [0.717, 1.165) is 42.9 Å². The summed E-state index contributed by atoms with van der Waals surface area (Å²) in [5, 5.41) is 0. The highest BCUT2D eigenvalue weighted by Crippen LogP contribution is 2.40. The zero-order valence-electron chi connectivity index (χ0n) is 20.1. The monoisotopic (exact) mass is 465 g/mol. The Labute approximate surface area is 194 Å². The summed E-state index contributed by atoms with van der Waals surface area (Å²) in [5.41, 5.74) is 1.73. The lowest BCUT2D eigenvalue weighted by Gasteiger charge is -2.30. The predicted molar refractivity (Wildman–Crippen MR) is 124 cm³/mol. The van der Waals surface area contributed by atoms with Crippen molar-refractivity contribution in [3.63, 3.8) is 0 Å². The molecule has 0 aliphatic carbocycles. The molecule has 0 radical (unpaired) electrons. The number of likely N-dealkylation sites (N-methyl/N-ethyl adjacent to an activating group) is 1. The molecular formula is C26H34F3NO3. The molecule has 0 N–H and O–H groups in total. The SMILES string of the molecule is COc1cc(CC=O)c(C(C)(C)CCCN(C)CCc2cccc(C(F)(F)F)c2)c(OC)c1. The molecule has 0 atom stereocenters. The van der Waals surface area contributed by atoms with Gasteiger partial charge in [0.25, 0.3) is 0 Å². The van der Waals surface area contributed by atoms with Gasteiger partial charge in [-0.05, 0) is 61.5 Å². The Morgan fingerprint density at radius 2 is 1.76 bits per heavy atom. The topological polar surface area (TPSA) is 38.8 Å². The molecule has 182 valence electrons. The molecule has 2 rings (SSSR count). The van der Waals surface area contributed by atoms with Gasteiger partial charge in [0.2, 0.25) is 0 Å². The first-order chi connectivity index (χ1) is 15.5. The predicted octanol–water partition coefficient (Wildman–Crippen LogP) is 5.70. The molecule has 0 spiro atoms. The fourth-order valence-electron chi connectivity index (χ4n) is 4.19. The lowest BCUT2D eigenvalue weighted by Crippen LogP contribution is -2.26. The van der Waals surface area contributed by atoms with E-state index in [4.69, 9.17) is 9.47 Å². The summed E-state index contributed by atoms with van der Waals surface area (Å²) in [4.78, 5) is 13.4. The molecule has 33 heavy (non-hydrogen) atoms. The number of benzene rings is 2. The first-order valence-electron chi connectivity index (χ1n) is 11.1. The van der Waals surface area contributed by atoms with Crippen molar-refractivity contribution < 1.29 is 27.4 Å². The molecule has 0 bridgehead atoms. The van der Waals surface area contributed by atoms with Crippen molar-refractivity contribution in [1.82, 2.24) is 4.90 Å². The average molecular weight is 466 g/mol. The van der Waals surface area contributed by atoms with Gasteiger partial charge in [-0.25, -0.2) is 0 Å². The summed E-state index contributed by atoms with van der Waals surface area (Å²) in [6, 6.07) is 9.24. The lowest BCUT2D eigenvalue weighted by molar-refractivity contribution is -0.137. The molecule has 0 saturated heterocycles. The van der Waals surface area contributed by atoms with E-state index in [9.17, 15) is 18.0 Å². The van der Waals surface area contributed by atoms with E-state index in [-0.39, 0.29) is 11.8 Å². The molecular weight excluding hydrogens is 431 g/mol. The van der Waals surface area contributed by atoms with Gasteiger partial charge < -0.3 is 19.2 Å². The van der Waals surface area contributed by atoms with E-state index < -0.39 is 11.7 Å². The van der Waals surface area contributed by atoms with Crippen LogP contribution < -0.4 is 9.47 Å². The summed E-state index contributed by atoms with van der Waals surface area (Å²) in [7, 11) is 5.17. The number of alkyl halides is 3. The molecule has 4 nitrogen and oxygen atoms in total. The maximum absolute atomic E-state index is 12.9. The number of halogens is 3. The number of hydrogen-bond acceptors (Lipinski definition) is 4. The molecule has 7 heteroatoms. The van der Waals surface area contributed by atoms with E-state index in [1.54, 1.807) is 20.3 Å². The van der Waals surface area contributed by atoms with Crippen LogP contribution in [-0.2, 0) is 29.2 Å². The summed E-state index contributed by atoms with van der Waals surface area (Å²) < 4.78 is 49.7. The van der Waals surface area contributed by atoms with Crippen LogP contribution in [0, 0.1) is 0 Å². The average Bonchev–Trinajstić information content (AvgIpc) is 2.76. The third-order valence-electron chi connectivity index (χ3n) is 5.97. The van der Waals surface area contributed by atoms with Crippen molar-refractivity contribution in [2.75, 3.05) is 34.4 Å². The third kappa shape index (κ3) is 7.49. The number of ether oxygens (including phenoxy) is 2. The molecule has 0 aliphatic rings. The molecule has 2 aromatic carbocycles. The summed E-state index contributed by atoms with van der Waals surface area (Å²) in [6.45, 7) is 5.75. The standard InChI is InChI=1S/C26H34F3NO3/c1-25(2,24-20(11-15-31)17-22(32-4)18-23(24)33-5)12-7-13-30(3)14-10-19-8-6-9-21(16-19)26(27,28)29/h6,8-9,15-18H,7,10-14H2,1-5H3. The second-order valence-electron chi connectivity index (χ2n) is 8.97. The molecule has 0 aromatic heterocycles. The first-order valence-corrected chi connectivity index (χ1v) is 11.1. The van der Waals surface area contributed by atoms with Gasteiger partial charge >= 0.3 is 6.18 Å². The van der Waals surface area contributed by atoms with Crippen LogP contribution in [0.3, 0.4) is 0 Å². The highest BCUT2D eigenvalue weighted by atomic mass is 19.4. The fraction of sp³-hybridized carbons (Fsp3) is 0.500. The lowest BCUT2D eigenvalue weighted by atomic mass is 9.77. The van der Waals surface area contributed by atoms with Gasteiger partial charge in [-0.3, -0.25) is 0 Å². The van der Waals surface area contributed by atoms with E-state index in [0.29, 0.717) is 30.0 Å². The molecule has 0 amide bonds. The van der Waals surface area contributed by atoms with Gasteiger partial charge in [0.15, 0.2) is 0 Å². The number of carbonyl (C=O) groups is 1. The highest BCUT2D eigenvalue weighted by Gasteiger charge is 2.30. The minimum atomic E-state index is -4.32. The van der Waals surface area contributed by atoms with Crippen LogP contribution in [0.25, 0.3) is 0 Å². The Kier molecular flexibility index (Phi) is 9.35. The summed E-state index contributed by atoms with van der Waals surface area (Å²) >= 11 is 0. The van der Waals surface area contributed by atoms with Gasteiger partial charge in [-0.15, -0.1) is 0 Å². The quantitative estimate of drug-likeness (QED) is 0.377. The molecule has 0 fully saturated rings. The minimum Gasteiger partial charge on any atom is -0.497 e. The van der Waals surface area contributed by atoms with Crippen molar-refractivity contribution in [1.29, 1.82) is 0 Å². The smallest absolute Gasteiger partial charge is 0.416 e. The molecule has 0 heterocycles. The van der Waals surface area contributed by atoms with Crippen LogP contribution in [-0.4, -0.2) is 45.5 Å². The zero-order chi connectivity index (χ0) is 24.6. The number of nitrogens with zero attached hydrogens (tertiary/aromatic N) is 1. The molecule has 2 aromatic rings. The van der Waals surface area contributed by atoms with Crippen LogP contribution in [0.4, 0.5) is 13.2 Å². The van der Waals surface area contributed by atoms with Crippen molar-refractivity contribution in [3.05, 3.63) is 58.7 Å². The Hall–Kier alpha value is -2.54. The van der Waals surface area contributed by atoms with Crippen molar-refractivity contribution >= 4 is 6.29 Å². The Bertz CT molecular complexity index is 925. The van der Waals surface area contributed by atoms with E-state index in [1.165, 1.54) is 12.1 Å². The number of aldehydes is 1. The van der Waals surface area contributed by atoms with Crippen LogP contribution in [0.15, 0.2) is 36.4 Å². The number of hydrogen-bond donors (Lipinski definition) is 0. The third-order valence-corrected chi connectivity index (χ3v) is 5.97. The Balaban J connectivity index is 2.00. The second kappa shape index (κ2) is 11.5. The summed E-state index contributed by atoms with van der Waals surface area (Å²) in [5.74, 6) is 1.35. The van der Waals surface area contributed by atoms with Crippen LogP contribution in [0.1, 0.15) is 48.9 Å². The van der Waals surface area contributed by atoms with Crippen molar-refractivity contribution in [3.8, 4) is 11.5 Å². The number of rotatable bonds is 12.